The molecule has 0 radical (unpaired) electrons. The molecule has 31 heavy (non-hydrogen) atoms. The fourth-order valence-corrected chi connectivity index (χ4v) is 11.3. The Bertz CT molecular complexity index is 557. The van der Waals surface area contributed by atoms with Crippen LogP contribution in [0.2, 0.25) is 17.6 Å². The Hall–Kier alpha value is -0.823. The highest BCUT2D eigenvalue weighted by Gasteiger charge is 2.38. The summed E-state index contributed by atoms with van der Waals surface area (Å²) in [7, 11) is -1.39. The third kappa shape index (κ3) is 10.6. The van der Waals surface area contributed by atoms with Crippen molar-refractivity contribution in [2.45, 2.75) is 141 Å². The molecule has 0 amide bonds. The SMILES string of the molecule is CCCCCCC/C=C/[Si](CCCCCCC)(CCc1ccccc1)C1CCCCC1. The summed E-state index contributed by atoms with van der Waals surface area (Å²) in [6.45, 7) is 4.65. The van der Waals surface area contributed by atoms with Crippen molar-refractivity contribution >= 4 is 8.07 Å². The quantitative estimate of drug-likeness (QED) is 0.167. The van der Waals surface area contributed by atoms with Crippen LogP contribution in [-0.4, -0.2) is 8.07 Å². The minimum atomic E-state index is -1.39. The fourth-order valence-electron chi connectivity index (χ4n) is 5.78. The molecule has 0 aliphatic heterocycles. The van der Waals surface area contributed by atoms with Crippen LogP contribution in [0.1, 0.15) is 122 Å². The minimum absolute atomic E-state index is 1.05. The molecular formula is C30H52Si. The van der Waals surface area contributed by atoms with Gasteiger partial charge in [0.2, 0.25) is 0 Å². The van der Waals surface area contributed by atoms with E-state index in [2.05, 4.69) is 56.0 Å². The number of hydrogen-bond acceptors (Lipinski definition) is 0. The molecule has 1 unspecified atom stereocenters. The van der Waals surface area contributed by atoms with Gasteiger partial charge in [0.25, 0.3) is 0 Å². The van der Waals surface area contributed by atoms with Gasteiger partial charge in [-0.3, -0.25) is 0 Å². The molecule has 2 rings (SSSR count). The lowest BCUT2D eigenvalue weighted by molar-refractivity contribution is 0.488. The van der Waals surface area contributed by atoms with E-state index in [4.69, 9.17) is 0 Å². The van der Waals surface area contributed by atoms with E-state index in [1.54, 1.807) is 11.6 Å². The molecule has 1 heteroatoms. The summed E-state index contributed by atoms with van der Waals surface area (Å²) in [6.07, 6.45) is 27.0. The van der Waals surface area contributed by atoms with Gasteiger partial charge in [-0.05, 0) is 36.4 Å². The van der Waals surface area contributed by atoms with E-state index in [0.717, 1.165) is 5.54 Å². The Morgan fingerprint density at radius 2 is 1.39 bits per heavy atom. The Kier molecular flexibility index (Phi) is 14.3. The molecule has 1 saturated carbocycles. The Morgan fingerprint density at radius 3 is 2.06 bits per heavy atom. The van der Waals surface area contributed by atoms with Crippen molar-refractivity contribution < 1.29 is 0 Å². The molecule has 0 bridgehead atoms. The number of benzene rings is 1. The van der Waals surface area contributed by atoms with E-state index < -0.39 is 8.07 Å². The zero-order valence-corrected chi connectivity index (χ0v) is 22.1. The van der Waals surface area contributed by atoms with Gasteiger partial charge < -0.3 is 0 Å². The molecular weight excluding hydrogens is 388 g/mol. The van der Waals surface area contributed by atoms with Crippen LogP contribution in [-0.2, 0) is 6.42 Å². The fraction of sp³-hybridized carbons (Fsp3) is 0.733. The molecule has 0 saturated heterocycles. The first-order chi connectivity index (χ1) is 15.3. The number of allylic oxidation sites excluding steroid dienone is 1. The molecule has 0 N–H and O–H groups in total. The van der Waals surface area contributed by atoms with E-state index in [-0.39, 0.29) is 0 Å². The lowest BCUT2D eigenvalue weighted by Crippen LogP contribution is -2.39. The van der Waals surface area contributed by atoms with Gasteiger partial charge in [0.1, 0.15) is 0 Å². The first kappa shape index (κ1) is 26.4. The third-order valence-corrected chi connectivity index (χ3v) is 13.4. The topological polar surface area (TPSA) is 0 Å². The predicted octanol–water partition coefficient (Wildman–Crippen LogP) is 10.4. The lowest BCUT2D eigenvalue weighted by atomic mass is 10.0. The van der Waals surface area contributed by atoms with E-state index in [0.29, 0.717) is 0 Å². The molecule has 1 aliphatic carbocycles. The number of hydrogen-bond donors (Lipinski definition) is 0. The molecule has 1 fully saturated rings. The molecule has 1 aliphatic rings. The van der Waals surface area contributed by atoms with Crippen molar-refractivity contribution in [2.75, 3.05) is 0 Å². The zero-order chi connectivity index (χ0) is 22.0. The van der Waals surface area contributed by atoms with Gasteiger partial charge in [0, 0.05) is 0 Å². The van der Waals surface area contributed by atoms with Crippen molar-refractivity contribution in [3.63, 3.8) is 0 Å². The average Bonchev–Trinajstić information content (AvgIpc) is 2.82. The van der Waals surface area contributed by atoms with E-state index in [1.165, 1.54) is 115 Å². The van der Waals surface area contributed by atoms with Crippen LogP contribution in [0.3, 0.4) is 0 Å². The van der Waals surface area contributed by atoms with Gasteiger partial charge >= 0.3 is 0 Å². The first-order valence-corrected chi connectivity index (χ1v) is 16.6. The second-order valence-electron chi connectivity index (χ2n) is 10.3. The van der Waals surface area contributed by atoms with Crippen molar-refractivity contribution in [3.8, 4) is 0 Å². The van der Waals surface area contributed by atoms with Gasteiger partial charge in [-0.1, -0.05) is 152 Å². The van der Waals surface area contributed by atoms with Gasteiger partial charge in [-0.25, -0.2) is 0 Å². The van der Waals surface area contributed by atoms with Crippen LogP contribution in [0.5, 0.6) is 0 Å². The molecule has 1 aromatic rings. The van der Waals surface area contributed by atoms with Gasteiger partial charge in [0.15, 0.2) is 0 Å². The standard InChI is InChI=1S/C30H52Si/c1-3-5-7-9-10-12-20-27-31(26-19-11-8-6-4-2,30-23-17-14-18-24-30)28-25-29-21-15-13-16-22-29/h13,15-16,20-22,27,30H,3-12,14,17-19,23-26,28H2,1-2H3/b27-20+. The second-order valence-corrected chi connectivity index (χ2v) is 14.9. The van der Waals surface area contributed by atoms with Crippen molar-refractivity contribution in [1.82, 2.24) is 0 Å². The summed E-state index contributed by atoms with van der Waals surface area (Å²) in [5, 5.41) is 0. The average molecular weight is 441 g/mol. The largest absolute Gasteiger partial charge is 0.0978 e. The lowest BCUT2D eigenvalue weighted by Gasteiger charge is -2.40. The van der Waals surface area contributed by atoms with Gasteiger partial charge in [-0.2, -0.15) is 0 Å². The molecule has 1 atom stereocenters. The maximum atomic E-state index is 2.89. The van der Waals surface area contributed by atoms with Gasteiger partial charge in [-0.15, -0.1) is 0 Å². The molecule has 0 spiro atoms. The number of rotatable bonds is 17. The van der Waals surface area contributed by atoms with Gasteiger partial charge in [0.05, 0.1) is 8.07 Å². The molecule has 0 heterocycles. The number of unbranched alkanes of at least 4 members (excludes halogenated alkanes) is 9. The molecule has 1 aromatic carbocycles. The Balaban J connectivity index is 2.06. The summed E-state index contributed by atoms with van der Waals surface area (Å²) in [4.78, 5) is 0. The van der Waals surface area contributed by atoms with Crippen LogP contribution >= 0.6 is 0 Å². The highest BCUT2D eigenvalue weighted by molar-refractivity contribution is 6.85. The normalized spacial score (nSPS) is 17.2. The minimum Gasteiger partial charge on any atom is -0.0978 e. The monoisotopic (exact) mass is 440 g/mol. The summed E-state index contributed by atoms with van der Waals surface area (Å²) in [5.41, 5.74) is 5.51. The van der Waals surface area contributed by atoms with E-state index in [1.807, 2.05) is 0 Å². The highest BCUT2D eigenvalue weighted by Crippen LogP contribution is 2.43. The first-order valence-electron chi connectivity index (χ1n) is 14.0. The van der Waals surface area contributed by atoms with Crippen molar-refractivity contribution in [1.29, 1.82) is 0 Å². The zero-order valence-electron chi connectivity index (χ0n) is 21.1. The molecule has 0 nitrogen and oxygen atoms in total. The van der Waals surface area contributed by atoms with Crippen molar-refractivity contribution in [2.24, 2.45) is 0 Å². The van der Waals surface area contributed by atoms with Crippen molar-refractivity contribution in [3.05, 3.63) is 47.7 Å². The summed E-state index contributed by atoms with van der Waals surface area (Å²) in [5.74, 6) is 0. The molecule has 0 aromatic heterocycles. The smallest absolute Gasteiger partial charge is 0.0807 e. The van der Waals surface area contributed by atoms with Crippen LogP contribution < -0.4 is 0 Å². The van der Waals surface area contributed by atoms with Crippen LogP contribution in [0.15, 0.2) is 42.1 Å². The molecule has 176 valence electrons. The Labute approximate surface area is 196 Å². The van der Waals surface area contributed by atoms with Crippen LogP contribution in [0.4, 0.5) is 0 Å². The summed E-state index contributed by atoms with van der Waals surface area (Å²) >= 11 is 0. The second kappa shape index (κ2) is 16.8. The number of aryl methyl sites for hydroxylation is 1. The maximum Gasteiger partial charge on any atom is 0.0807 e. The van der Waals surface area contributed by atoms with E-state index in [9.17, 15) is 0 Å². The van der Waals surface area contributed by atoms with E-state index >= 15 is 0 Å². The Morgan fingerprint density at radius 1 is 0.742 bits per heavy atom. The third-order valence-electron chi connectivity index (χ3n) is 7.81. The highest BCUT2D eigenvalue weighted by atomic mass is 28.3. The predicted molar refractivity (Wildman–Crippen MR) is 144 cm³/mol. The van der Waals surface area contributed by atoms with Crippen LogP contribution in [0.25, 0.3) is 0 Å². The van der Waals surface area contributed by atoms with Crippen LogP contribution in [0, 0.1) is 0 Å². The summed E-state index contributed by atoms with van der Waals surface area (Å²) < 4.78 is 0. The summed E-state index contributed by atoms with van der Waals surface area (Å²) in [6, 6.07) is 14.4. The maximum absolute atomic E-state index is 2.89.